The van der Waals surface area contributed by atoms with Gasteiger partial charge in [-0.3, -0.25) is 0 Å². The van der Waals surface area contributed by atoms with E-state index in [4.69, 9.17) is 11.6 Å². The lowest BCUT2D eigenvalue weighted by Crippen LogP contribution is -1.89. The molecule has 0 spiro atoms. The van der Waals surface area contributed by atoms with Crippen LogP contribution in [-0.2, 0) is 6.42 Å². The molecule has 0 fully saturated rings. The molecule has 12 heavy (non-hydrogen) atoms. The normalized spacial score (nSPS) is 10.2. The topological polar surface area (TPSA) is 0 Å². The Hall–Kier alpha value is 0.170. The van der Waals surface area contributed by atoms with Crippen LogP contribution >= 0.6 is 34.2 Å². The highest BCUT2D eigenvalue weighted by atomic mass is 127. The minimum absolute atomic E-state index is 0.148. The molecule has 0 amide bonds. The lowest BCUT2D eigenvalue weighted by molar-refractivity contribution is 0.619. The summed E-state index contributed by atoms with van der Waals surface area (Å²) < 4.78 is 13.5. The molecule has 1 aromatic rings. The SMILES string of the molecule is Fc1ccc(CCCCl)cc1I. The van der Waals surface area contributed by atoms with E-state index in [9.17, 15) is 4.39 Å². The molecule has 0 atom stereocenters. The highest BCUT2D eigenvalue weighted by Crippen LogP contribution is 2.14. The van der Waals surface area contributed by atoms with Gasteiger partial charge in [0.2, 0.25) is 0 Å². The first-order chi connectivity index (χ1) is 5.74. The van der Waals surface area contributed by atoms with E-state index >= 15 is 0 Å². The smallest absolute Gasteiger partial charge is 0.136 e. The van der Waals surface area contributed by atoms with E-state index in [0.717, 1.165) is 18.4 Å². The molecule has 0 saturated heterocycles. The summed E-state index contributed by atoms with van der Waals surface area (Å²) in [6.07, 6.45) is 1.88. The predicted octanol–water partition coefficient (Wildman–Crippen LogP) is 3.60. The van der Waals surface area contributed by atoms with Crippen LogP contribution in [-0.4, -0.2) is 5.88 Å². The number of hydrogen-bond donors (Lipinski definition) is 0. The Balaban J connectivity index is 2.69. The van der Waals surface area contributed by atoms with Crippen molar-refractivity contribution in [2.75, 3.05) is 5.88 Å². The molecule has 0 heterocycles. The number of rotatable bonds is 3. The second-order valence-corrected chi connectivity index (χ2v) is 4.08. The van der Waals surface area contributed by atoms with E-state index in [1.165, 1.54) is 6.07 Å². The van der Waals surface area contributed by atoms with Crippen LogP contribution in [0.5, 0.6) is 0 Å². The third-order valence-electron chi connectivity index (χ3n) is 1.58. The predicted molar refractivity (Wildman–Crippen MR) is 58.2 cm³/mol. The standard InChI is InChI=1S/C9H9ClFI/c10-5-1-2-7-3-4-8(11)9(12)6-7/h3-4,6H,1-2,5H2. The number of alkyl halides is 1. The second kappa shape index (κ2) is 5.02. The zero-order chi connectivity index (χ0) is 8.97. The van der Waals surface area contributed by atoms with Gasteiger partial charge in [0.25, 0.3) is 0 Å². The van der Waals surface area contributed by atoms with Crippen LogP contribution in [0.25, 0.3) is 0 Å². The Morgan fingerprint density at radius 3 is 2.75 bits per heavy atom. The zero-order valence-corrected chi connectivity index (χ0v) is 9.40. The molecule has 0 radical (unpaired) electrons. The number of aryl methyl sites for hydroxylation is 1. The first kappa shape index (κ1) is 10.3. The Bertz CT molecular complexity index is 263. The van der Waals surface area contributed by atoms with Crippen molar-refractivity contribution < 1.29 is 4.39 Å². The van der Waals surface area contributed by atoms with Gasteiger partial charge in [-0.05, 0) is 53.1 Å². The van der Waals surface area contributed by atoms with Gasteiger partial charge in [0.05, 0.1) is 0 Å². The first-order valence-electron chi connectivity index (χ1n) is 3.74. The Morgan fingerprint density at radius 2 is 2.17 bits per heavy atom. The number of halogens is 3. The van der Waals surface area contributed by atoms with E-state index in [2.05, 4.69) is 0 Å². The zero-order valence-electron chi connectivity index (χ0n) is 6.49. The molecule has 1 rings (SSSR count). The van der Waals surface area contributed by atoms with Crippen LogP contribution in [0.4, 0.5) is 4.39 Å². The minimum Gasteiger partial charge on any atom is -0.206 e. The fraction of sp³-hybridized carbons (Fsp3) is 0.333. The number of benzene rings is 1. The van der Waals surface area contributed by atoms with Crippen molar-refractivity contribution >= 4 is 34.2 Å². The van der Waals surface area contributed by atoms with Crippen molar-refractivity contribution in [3.63, 3.8) is 0 Å². The monoisotopic (exact) mass is 298 g/mol. The molecule has 66 valence electrons. The van der Waals surface area contributed by atoms with Gasteiger partial charge in [-0.25, -0.2) is 4.39 Å². The van der Waals surface area contributed by atoms with Crippen molar-refractivity contribution in [1.29, 1.82) is 0 Å². The molecule has 0 N–H and O–H groups in total. The Labute approximate surface area is 90.3 Å². The molecule has 0 aliphatic heterocycles. The maximum Gasteiger partial charge on any atom is 0.136 e. The highest BCUT2D eigenvalue weighted by molar-refractivity contribution is 14.1. The van der Waals surface area contributed by atoms with Crippen LogP contribution in [0.3, 0.4) is 0 Å². The molecule has 0 bridgehead atoms. The van der Waals surface area contributed by atoms with Crippen LogP contribution < -0.4 is 0 Å². The maximum absolute atomic E-state index is 12.8. The van der Waals surface area contributed by atoms with Crippen molar-refractivity contribution in [1.82, 2.24) is 0 Å². The van der Waals surface area contributed by atoms with Gasteiger partial charge in [0.15, 0.2) is 0 Å². The summed E-state index contributed by atoms with van der Waals surface area (Å²) in [4.78, 5) is 0. The average molecular weight is 299 g/mol. The molecule has 0 aromatic heterocycles. The molecule has 1 aromatic carbocycles. The Kier molecular flexibility index (Phi) is 4.29. The second-order valence-electron chi connectivity index (χ2n) is 2.54. The summed E-state index contributed by atoms with van der Waals surface area (Å²) in [6.45, 7) is 0. The fourth-order valence-corrected chi connectivity index (χ4v) is 1.68. The molecular formula is C9H9ClFI. The van der Waals surface area contributed by atoms with E-state index in [0.29, 0.717) is 9.45 Å². The van der Waals surface area contributed by atoms with Gasteiger partial charge >= 0.3 is 0 Å². The van der Waals surface area contributed by atoms with Crippen molar-refractivity contribution in [3.8, 4) is 0 Å². The summed E-state index contributed by atoms with van der Waals surface area (Å²) in [5.41, 5.74) is 1.15. The summed E-state index contributed by atoms with van der Waals surface area (Å²) in [5, 5.41) is 0. The van der Waals surface area contributed by atoms with Crippen molar-refractivity contribution in [2.24, 2.45) is 0 Å². The highest BCUT2D eigenvalue weighted by Gasteiger charge is 1.99. The van der Waals surface area contributed by atoms with Crippen LogP contribution in [0, 0.1) is 9.39 Å². The van der Waals surface area contributed by atoms with Gasteiger partial charge in [-0.15, -0.1) is 11.6 Å². The first-order valence-corrected chi connectivity index (χ1v) is 5.35. The minimum atomic E-state index is -0.148. The molecule has 0 unspecified atom stereocenters. The van der Waals surface area contributed by atoms with Gasteiger partial charge in [0, 0.05) is 9.45 Å². The van der Waals surface area contributed by atoms with Gasteiger partial charge in [0.1, 0.15) is 5.82 Å². The van der Waals surface area contributed by atoms with Crippen LogP contribution in [0.15, 0.2) is 18.2 Å². The largest absolute Gasteiger partial charge is 0.206 e. The summed E-state index contributed by atoms with van der Waals surface area (Å²) in [7, 11) is 0. The van der Waals surface area contributed by atoms with Crippen molar-refractivity contribution in [2.45, 2.75) is 12.8 Å². The lowest BCUT2D eigenvalue weighted by atomic mass is 10.1. The molecule has 3 heteroatoms. The summed E-state index contributed by atoms with van der Waals surface area (Å²) in [6, 6.07) is 5.18. The third-order valence-corrected chi connectivity index (χ3v) is 2.68. The average Bonchev–Trinajstić information content (AvgIpc) is 2.07. The summed E-state index contributed by atoms with van der Waals surface area (Å²) in [5.74, 6) is 0.513. The Morgan fingerprint density at radius 1 is 1.42 bits per heavy atom. The van der Waals surface area contributed by atoms with Crippen molar-refractivity contribution in [3.05, 3.63) is 33.1 Å². The maximum atomic E-state index is 12.8. The van der Waals surface area contributed by atoms with E-state index < -0.39 is 0 Å². The van der Waals surface area contributed by atoms with E-state index in [-0.39, 0.29) is 5.82 Å². The van der Waals surface area contributed by atoms with Crippen LogP contribution in [0.1, 0.15) is 12.0 Å². The molecular weight excluding hydrogens is 289 g/mol. The lowest BCUT2D eigenvalue weighted by Gasteiger charge is -2.00. The van der Waals surface area contributed by atoms with Crippen LogP contribution in [0.2, 0.25) is 0 Å². The van der Waals surface area contributed by atoms with E-state index in [1.807, 2.05) is 34.7 Å². The molecule has 0 nitrogen and oxygen atoms in total. The third kappa shape index (κ3) is 2.90. The quantitative estimate of drug-likeness (QED) is 0.591. The summed E-state index contributed by atoms with van der Waals surface area (Å²) >= 11 is 7.54. The fourth-order valence-electron chi connectivity index (χ4n) is 0.966. The molecule has 0 aliphatic carbocycles. The van der Waals surface area contributed by atoms with Gasteiger partial charge in [-0.2, -0.15) is 0 Å². The van der Waals surface area contributed by atoms with Gasteiger partial charge < -0.3 is 0 Å². The molecule has 0 saturated carbocycles. The van der Waals surface area contributed by atoms with E-state index in [1.54, 1.807) is 0 Å². The van der Waals surface area contributed by atoms with Gasteiger partial charge in [-0.1, -0.05) is 6.07 Å². The number of hydrogen-bond acceptors (Lipinski definition) is 0. The molecule has 0 aliphatic rings.